The van der Waals surface area contributed by atoms with Crippen LogP contribution in [-0.2, 0) is 19.5 Å². The molecule has 1 aromatic heterocycles. The molecule has 3 heterocycles. The minimum atomic E-state index is 1.09. The summed E-state index contributed by atoms with van der Waals surface area (Å²) in [6.45, 7) is 4.81. The van der Waals surface area contributed by atoms with Crippen molar-refractivity contribution in [3.8, 4) is 0 Å². The Kier molecular flexibility index (Phi) is 2.96. The summed E-state index contributed by atoms with van der Waals surface area (Å²) >= 11 is 0. The fourth-order valence-electron chi connectivity index (χ4n) is 2.97. The highest BCUT2D eigenvalue weighted by Gasteiger charge is 2.18. The van der Waals surface area contributed by atoms with Gasteiger partial charge in [0.15, 0.2) is 0 Å². The van der Waals surface area contributed by atoms with E-state index >= 15 is 0 Å². The second kappa shape index (κ2) is 4.58. The quantitative estimate of drug-likeness (QED) is 0.760. The Hall–Kier alpha value is -0.830. The molecule has 0 bridgehead atoms. The maximum absolute atomic E-state index is 4.61. The van der Waals surface area contributed by atoms with Gasteiger partial charge < -0.3 is 4.57 Å². The Morgan fingerprint density at radius 2 is 1.81 bits per heavy atom. The summed E-state index contributed by atoms with van der Waals surface area (Å²) in [7, 11) is 0. The molecule has 2 aliphatic heterocycles. The predicted octanol–water partition coefficient (Wildman–Crippen LogP) is 2.21. The van der Waals surface area contributed by atoms with Crippen molar-refractivity contribution >= 4 is 0 Å². The van der Waals surface area contributed by atoms with Gasteiger partial charge in [0.2, 0.25) is 0 Å². The van der Waals surface area contributed by atoms with Gasteiger partial charge in [0, 0.05) is 18.8 Å². The summed E-state index contributed by atoms with van der Waals surface area (Å²) in [5.41, 5.74) is 2.86. The standard InChI is InChI=1S/C13H21N3/c1-3-7-15(8-4-1)10-12-13-6-2-5-9-16(13)11-14-12/h11H,1-10H2. The summed E-state index contributed by atoms with van der Waals surface area (Å²) in [5.74, 6) is 0. The van der Waals surface area contributed by atoms with Crippen LogP contribution in [0.15, 0.2) is 6.33 Å². The first-order chi connectivity index (χ1) is 7.93. The molecular weight excluding hydrogens is 198 g/mol. The number of hydrogen-bond donors (Lipinski definition) is 0. The van der Waals surface area contributed by atoms with Crippen LogP contribution >= 0.6 is 0 Å². The van der Waals surface area contributed by atoms with Crippen LogP contribution in [0.25, 0.3) is 0 Å². The number of hydrogen-bond acceptors (Lipinski definition) is 2. The summed E-state index contributed by atoms with van der Waals surface area (Å²) < 4.78 is 2.36. The van der Waals surface area contributed by atoms with Crippen LogP contribution < -0.4 is 0 Å². The third kappa shape index (κ3) is 2.01. The van der Waals surface area contributed by atoms with E-state index in [1.807, 2.05) is 6.33 Å². The topological polar surface area (TPSA) is 21.1 Å². The molecule has 88 valence electrons. The van der Waals surface area contributed by atoms with Crippen LogP contribution in [0.1, 0.15) is 43.5 Å². The number of nitrogens with zero attached hydrogens (tertiary/aromatic N) is 3. The molecule has 0 aromatic carbocycles. The minimum Gasteiger partial charge on any atom is -0.334 e. The molecular formula is C13H21N3. The Labute approximate surface area is 97.5 Å². The van der Waals surface area contributed by atoms with E-state index in [0.29, 0.717) is 0 Å². The molecule has 3 heteroatoms. The zero-order valence-corrected chi connectivity index (χ0v) is 9.99. The van der Waals surface area contributed by atoms with E-state index in [9.17, 15) is 0 Å². The van der Waals surface area contributed by atoms with Crippen LogP contribution in [-0.4, -0.2) is 27.5 Å². The lowest BCUT2D eigenvalue weighted by Crippen LogP contribution is -2.29. The molecule has 0 spiro atoms. The van der Waals surface area contributed by atoms with Crippen molar-refractivity contribution in [2.45, 2.75) is 51.6 Å². The van der Waals surface area contributed by atoms with Crippen molar-refractivity contribution in [1.29, 1.82) is 0 Å². The zero-order chi connectivity index (χ0) is 10.8. The number of rotatable bonds is 2. The molecule has 16 heavy (non-hydrogen) atoms. The summed E-state index contributed by atoms with van der Waals surface area (Å²) in [5, 5.41) is 0. The van der Waals surface area contributed by atoms with E-state index in [-0.39, 0.29) is 0 Å². The van der Waals surface area contributed by atoms with Crippen molar-refractivity contribution in [2.75, 3.05) is 13.1 Å². The highest BCUT2D eigenvalue weighted by atomic mass is 15.2. The van der Waals surface area contributed by atoms with Gasteiger partial charge in [0.05, 0.1) is 12.0 Å². The first kappa shape index (κ1) is 10.3. The van der Waals surface area contributed by atoms with Crippen LogP contribution in [0.4, 0.5) is 0 Å². The molecule has 0 aliphatic carbocycles. The molecule has 0 N–H and O–H groups in total. The number of aryl methyl sites for hydroxylation is 1. The monoisotopic (exact) mass is 219 g/mol. The molecule has 1 saturated heterocycles. The van der Waals surface area contributed by atoms with Crippen molar-refractivity contribution in [3.63, 3.8) is 0 Å². The van der Waals surface area contributed by atoms with E-state index in [4.69, 9.17) is 0 Å². The first-order valence-corrected chi connectivity index (χ1v) is 6.69. The maximum Gasteiger partial charge on any atom is 0.0952 e. The van der Waals surface area contributed by atoms with Gasteiger partial charge in [-0.2, -0.15) is 0 Å². The lowest BCUT2D eigenvalue weighted by Gasteiger charge is -2.26. The third-order valence-electron chi connectivity index (χ3n) is 3.92. The molecule has 0 radical (unpaired) electrons. The molecule has 3 rings (SSSR count). The minimum absolute atomic E-state index is 1.09. The molecule has 1 fully saturated rings. The highest BCUT2D eigenvalue weighted by Crippen LogP contribution is 2.20. The van der Waals surface area contributed by atoms with Gasteiger partial charge in [-0.05, 0) is 45.2 Å². The van der Waals surface area contributed by atoms with Crippen LogP contribution in [0, 0.1) is 0 Å². The van der Waals surface area contributed by atoms with E-state index in [2.05, 4.69) is 14.5 Å². The number of fused-ring (bicyclic) bond motifs is 1. The van der Waals surface area contributed by atoms with E-state index < -0.39 is 0 Å². The van der Waals surface area contributed by atoms with Crippen molar-refractivity contribution in [2.24, 2.45) is 0 Å². The average molecular weight is 219 g/mol. The van der Waals surface area contributed by atoms with Gasteiger partial charge in [-0.3, -0.25) is 4.90 Å². The molecule has 1 aromatic rings. The SMILES string of the molecule is c1nc(CN2CCCCC2)c2n1CCCC2. The predicted molar refractivity (Wildman–Crippen MR) is 64.3 cm³/mol. The fourth-order valence-corrected chi connectivity index (χ4v) is 2.97. The van der Waals surface area contributed by atoms with E-state index in [1.165, 1.54) is 69.5 Å². The summed E-state index contributed by atoms with van der Waals surface area (Å²) in [6.07, 6.45) is 10.1. The molecule has 0 atom stereocenters. The van der Waals surface area contributed by atoms with Crippen molar-refractivity contribution < 1.29 is 0 Å². The largest absolute Gasteiger partial charge is 0.334 e. The Balaban J connectivity index is 1.71. The van der Waals surface area contributed by atoms with Crippen LogP contribution in [0.3, 0.4) is 0 Å². The Bertz CT molecular complexity index is 350. The summed E-state index contributed by atoms with van der Waals surface area (Å²) in [6, 6.07) is 0. The van der Waals surface area contributed by atoms with Gasteiger partial charge in [-0.15, -0.1) is 0 Å². The molecule has 0 unspecified atom stereocenters. The zero-order valence-electron chi connectivity index (χ0n) is 9.99. The number of likely N-dealkylation sites (tertiary alicyclic amines) is 1. The van der Waals surface area contributed by atoms with Gasteiger partial charge in [-0.25, -0.2) is 4.98 Å². The number of piperidine rings is 1. The number of imidazole rings is 1. The van der Waals surface area contributed by atoms with E-state index in [0.717, 1.165) is 6.54 Å². The first-order valence-electron chi connectivity index (χ1n) is 6.69. The lowest BCUT2D eigenvalue weighted by atomic mass is 10.1. The fraction of sp³-hybridized carbons (Fsp3) is 0.769. The Morgan fingerprint density at radius 1 is 1.00 bits per heavy atom. The van der Waals surface area contributed by atoms with Crippen molar-refractivity contribution in [3.05, 3.63) is 17.7 Å². The highest BCUT2D eigenvalue weighted by molar-refractivity contribution is 5.15. The molecule has 3 nitrogen and oxygen atoms in total. The van der Waals surface area contributed by atoms with Crippen LogP contribution in [0.2, 0.25) is 0 Å². The molecule has 0 amide bonds. The Morgan fingerprint density at radius 3 is 2.69 bits per heavy atom. The maximum atomic E-state index is 4.61. The van der Waals surface area contributed by atoms with Crippen molar-refractivity contribution in [1.82, 2.24) is 14.5 Å². The second-order valence-corrected chi connectivity index (χ2v) is 5.13. The van der Waals surface area contributed by atoms with Gasteiger partial charge >= 0.3 is 0 Å². The normalized spacial score (nSPS) is 22.0. The third-order valence-corrected chi connectivity index (χ3v) is 3.92. The number of aromatic nitrogens is 2. The lowest BCUT2D eigenvalue weighted by molar-refractivity contribution is 0.218. The average Bonchev–Trinajstić information content (AvgIpc) is 2.74. The second-order valence-electron chi connectivity index (χ2n) is 5.13. The molecule has 0 saturated carbocycles. The summed E-state index contributed by atoms with van der Waals surface area (Å²) in [4.78, 5) is 7.18. The van der Waals surface area contributed by atoms with Gasteiger partial charge in [-0.1, -0.05) is 6.42 Å². The van der Waals surface area contributed by atoms with E-state index in [1.54, 1.807) is 0 Å². The van der Waals surface area contributed by atoms with Gasteiger partial charge in [0.25, 0.3) is 0 Å². The van der Waals surface area contributed by atoms with Crippen LogP contribution in [0.5, 0.6) is 0 Å². The molecule has 2 aliphatic rings. The smallest absolute Gasteiger partial charge is 0.0952 e. The van der Waals surface area contributed by atoms with Gasteiger partial charge in [0.1, 0.15) is 0 Å².